The van der Waals surface area contributed by atoms with Gasteiger partial charge in [-0.2, -0.15) is 0 Å². The van der Waals surface area contributed by atoms with Crippen LogP contribution >= 0.6 is 0 Å². The van der Waals surface area contributed by atoms with Gasteiger partial charge in [0.25, 0.3) is 5.91 Å². The third kappa shape index (κ3) is 2.69. The Bertz CT molecular complexity index is 675. The number of ether oxygens (including phenoxy) is 1. The molecule has 6 nitrogen and oxygen atoms in total. The lowest BCUT2D eigenvalue weighted by Crippen LogP contribution is -2.63. The minimum Gasteiger partial charge on any atom is -0.424 e. The van der Waals surface area contributed by atoms with Crippen LogP contribution in [0.15, 0.2) is 24.3 Å². The zero-order chi connectivity index (χ0) is 16.7. The van der Waals surface area contributed by atoms with Gasteiger partial charge in [0.2, 0.25) is 5.91 Å². The smallest absolute Gasteiger partial charge is 0.336 e. The Labute approximate surface area is 134 Å². The summed E-state index contributed by atoms with van der Waals surface area (Å²) in [6.45, 7) is 3.20. The van der Waals surface area contributed by atoms with Gasteiger partial charge in [-0.3, -0.25) is 9.59 Å². The monoisotopic (exact) mass is 316 g/mol. The largest absolute Gasteiger partial charge is 0.424 e. The number of carbonyl (C=O) groups excluding carboxylic acids is 3. The van der Waals surface area contributed by atoms with Gasteiger partial charge in [0, 0.05) is 0 Å². The van der Waals surface area contributed by atoms with Crippen molar-refractivity contribution >= 4 is 17.8 Å². The number of hydrogen-bond acceptors (Lipinski definition) is 4. The summed E-state index contributed by atoms with van der Waals surface area (Å²) < 4.78 is 5.34. The van der Waals surface area contributed by atoms with Gasteiger partial charge in [0.05, 0.1) is 5.56 Å². The Kier molecular flexibility index (Phi) is 3.62. The van der Waals surface area contributed by atoms with E-state index in [1.165, 1.54) is 0 Å². The number of benzene rings is 1. The SMILES string of the molecule is CC1(C)NC(=O)C2(CCCC2)NC(=O)c2ccccc2OC1=O. The van der Waals surface area contributed by atoms with E-state index in [9.17, 15) is 14.4 Å². The normalized spacial score (nSPS) is 22.8. The van der Waals surface area contributed by atoms with E-state index < -0.39 is 23.0 Å². The molecule has 3 rings (SSSR count). The highest BCUT2D eigenvalue weighted by Crippen LogP contribution is 2.32. The Morgan fingerprint density at radius 3 is 2.35 bits per heavy atom. The fraction of sp³-hybridized carbons (Fsp3) is 0.471. The minimum absolute atomic E-state index is 0.201. The van der Waals surface area contributed by atoms with Crippen molar-refractivity contribution in [1.82, 2.24) is 10.6 Å². The summed E-state index contributed by atoms with van der Waals surface area (Å²) in [5, 5.41) is 5.61. The Balaban J connectivity index is 2.09. The molecule has 1 aromatic rings. The van der Waals surface area contributed by atoms with Crippen LogP contribution in [0.3, 0.4) is 0 Å². The van der Waals surface area contributed by atoms with Crippen molar-refractivity contribution in [2.24, 2.45) is 0 Å². The molecule has 122 valence electrons. The number of fused-ring (bicyclic) bond motifs is 1. The van der Waals surface area contributed by atoms with Crippen molar-refractivity contribution in [3.05, 3.63) is 29.8 Å². The molecular formula is C17H20N2O4. The second-order valence-corrected chi connectivity index (χ2v) is 6.71. The molecule has 0 bridgehead atoms. The molecule has 0 saturated heterocycles. The molecule has 0 radical (unpaired) electrons. The first-order chi connectivity index (χ1) is 10.8. The molecule has 2 aliphatic rings. The van der Waals surface area contributed by atoms with E-state index in [-0.39, 0.29) is 17.2 Å². The maximum absolute atomic E-state index is 12.7. The van der Waals surface area contributed by atoms with E-state index in [1.54, 1.807) is 38.1 Å². The van der Waals surface area contributed by atoms with Gasteiger partial charge in [0.15, 0.2) is 0 Å². The maximum Gasteiger partial charge on any atom is 0.336 e. The van der Waals surface area contributed by atoms with Gasteiger partial charge in [0.1, 0.15) is 16.8 Å². The molecule has 2 amide bonds. The molecule has 0 aromatic heterocycles. The summed E-state index contributed by atoms with van der Waals surface area (Å²) in [7, 11) is 0. The van der Waals surface area contributed by atoms with Crippen LogP contribution in [0.5, 0.6) is 5.75 Å². The number of hydrogen-bond donors (Lipinski definition) is 2. The first-order valence-electron chi connectivity index (χ1n) is 7.81. The minimum atomic E-state index is -1.18. The third-order valence-electron chi connectivity index (χ3n) is 4.52. The third-order valence-corrected chi connectivity index (χ3v) is 4.52. The van der Waals surface area contributed by atoms with Crippen LogP contribution in [-0.2, 0) is 9.59 Å². The average Bonchev–Trinajstić information content (AvgIpc) is 2.96. The number of esters is 1. The number of para-hydroxylation sites is 1. The molecular weight excluding hydrogens is 296 g/mol. The van der Waals surface area contributed by atoms with E-state index in [1.807, 2.05) is 0 Å². The molecule has 1 spiro atoms. The lowest BCUT2D eigenvalue weighted by molar-refractivity contribution is -0.145. The second kappa shape index (κ2) is 5.37. The summed E-state index contributed by atoms with van der Waals surface area (Å²) in [6.07, 6.45) is 2.86. The predicted molar refractivity (Wildman–Crippen MR) is 83.0 cm³/mol. The van der Waals surface area contributed by atoms with Gasteiger partial charge < -0.3 is 15.4 Å². The number of rotatable bonds is 0. The Hall–Kier alpha value is -2.37. The molecule has 0 atom stereocenters. The van der Waals surface area contributed by atoms with Gasteiger partial charge >= 0.3 is 5.97 Å². The fourth-order valence-corrected chi connectivity index (χ4v) is 3.10. The van der Waals surface area contributed by atoms with E-state index in [2.05, 4.69) is 10.6 Å². The van der Waals surface area contributed by atoms with Gasteiger partial charge in [-0.25, -0.2) is 4.79 Å². The molecule has 1 aliphatic heterocycles. The van der Waals surface area contributed by atoms with Crippen molar-refractivity contribution in [2.75, 3.05) is 0 Å². The summed E-state index contributed by atoms with van der Waals surface area (Å²) in [5.41, 5.74) is -1.88. The predicted octanol–water partition coefficient (Wildman–Crippen LogP) is 1.54. The Morgan fingerprint density at radius 2 is 1.65 bits per heavy atom. The second-order valence-electron chi connectivity index (χ2n) is 6.71. The number of amides is 2. The van der Waals surface area contributed by atoms with Crippen molar-refractivity contribution in [1.29, 1.82) is 0 Å². The van der Waals surface area contributed by atoms with E-state index in [0.29, 0.717) is 12.8 Å². The Morgan fingerprint density at radius 1 is 1.00 bits per heavy atom. The first kappa shape index (κ1) is 15.5. The van der Waals surface area contributed by atoms with Crippen molar-refractivity contribution in [3.63, 3.8) is 0 Å². The molecule has 1 aliphatic carbocycles. The molecule has 0 unspecified atom stereocenters. The molecule has 1 saturated carbocycles. The molecule has 1 fully saturated rings. The lowest BCUT2D eigenvalue weighted by Gasteiger charge is -2.34. The van der Waals surface area contributed by atoms with E-state index in [0.717, 1.165) is 12.8 Å². The zero-order valence-electron chi connectivity index (χ0n) is 13.3. The highest BCUT2D eigenvalue weighted by molar-refractivity contribution is 6.03. The van der Waals surface area contributed by atoms with Gasteiger partial charge in [-0.15, -0.1) is 0 Å². The van der Waals surface area contributed by atoms with Gasteiger partial charge in [-0.1, -0.05) is 25.0 Å². The van der Waals surface area contributed by atoms with Crippen LogP contribution in [0, 0.1) is 0 Å². The molecule has 23 heavy (non-hydrogen) atoms. The standard InChI is InChI=1S/C17H20N2O4/c1-16(2)15(22)23-12-8-4-3-7-11(12)13(20)18-17(14(21)19-16)9-5-6-10-17/h3-4,7-8H,5-6,9-10H2,1-2H3,(H,18,20)(H,19,21). The molecule has 2 N–H and O–H groups in total. The summed E-state index contributed by atoms with van der Waals surface area (Å²) >= 11 is 0. The maximum atomic E-state index is 12.7. The fourth-order valence-electron chi connectivity index (χ4n) is 3.10. The summed E-state index contributed by atoms with van der Waals surface area (Å²) in [4.78, 5) is 37.8. The molecule has 6 heteroatoms. The van der Waals surface area contributed by atoms with E-state index in [4.69, 9.17) is 4.74 Å². The van der Waals surface area contributed by atoms with Crippen molar-refractivity contribution in [2.45, 2.75) is 50.6 Å². The lowest BCUT2D eigenvalue weighted by atomic mass is 9.93. The molecule has 1 heterocycles. The van der Waals surface area contributed by atoms with Gasteiger partial charge in [-0.05, 0) is 38.8 Å². The van der Waals surface area contributed by atoms with E-state index >= 15 is 0 Å². The quantitative estimate of drug-likeness (QED) is 0.562. The molecule has 1 aromatic carbocycles. The van der Waals surface area contributed by atoms with Crippen molar-refractivity contribution in [3.8, 4) is 5.75 Å². The van der Waals surface area contributed by atoms with Crippen LogP contribution in [0.4, 0.5) is 0 Å². The summed E-state index contributed by atoms with van der Waals surface area (Å²) in [5.74, 6) is -1.12. The number of carbonyl (C=O) groups is 3. The zero-order valence-corrected chi connectivity index (χ0v) is 13.3. The van der Waals surface area contributed by atoms with Crippen molar-refractivity contribution < 1.29 is 19.1 Å². The average molecular weight is 316 g/mol. The topological polar surface area (TPSA) is 84.5 Å². The van der Waals surface area contributed by atoms with Crippen LogP contribution in [-0.4, -0.2) is 28.9 Å². The van der Waals surface area contributed by atoms with Crippen LogP contribution in [0.25, 0.3) is 0 Å². The first-order valence-corrected chi connectivity index (χ1v) is 7.81. The number of nitrogens with one attached hydrogen (secondary N) is 2. The summed E-state index contributed by atoms with van der Waals surface area (Å²) in [6, 6.07) is 6.56. The van der Waals surface area contributed by atoms with Crippen LogP contribution in [0.1, 0.15) is 49.9 Å². The van der Waals surface area contributed by atoms with Crippen LogP contribution < -0.4 is 15.4 Å². The highest BCUT2D eigenvalue weighted by atomic mass is 16.5. The van der Waals surface area contributed by atoms with Crippen LogP contribution in [0.2, 0.25) is 0 Å². The highest BCUT2D eigenvalue weighted by Gasteiger charge is 2.46.